The molecule has 1 atom stereocenters. The lowest BCUT2D eigenvalue weighted by molar-refractivity contribution is 0.473. The average Bonchev–Trinajstić information content (AvgIpc) is 2.46. The molecule has 2 rings (SSSR count). The van der Waals surface area contributed by atoms with Crippen molar-refractivity contribution >= 4 is 32.5 Å². The van der Waals surface area contributed by atoms with Crippen LogP contribution in [0.3, 0.4) is 0 Å². The van der Waals surface area contributed by atoms with Gasteiger partial charge in [0.25, 0.3) is 0 Å². The Hall–Kier alpha value is -1.13. The van der Waals surface area contributed by atoms with Gasteiger partial charge in [-0.25, -0.2) is 4.98 Å². The van der Waals surface area contributed by atoms with Crippen molar-refractivity contribution in [3.63, 3.8) is 0 Å². The standard InChI is InChI=1S/C16H22BrN3/c1-2-4-12(7-9-18)11-20-16-14-5-3-6-15(17)13(14)8-10-19-16/h3,5-6,8,10,12H,2,4,7,9,11,18H2,1H3,(H,19,20). The number of fused-ring (bicyclic) bond motifs is 1. The van der Waals surface area contributed by atoms with Crippen LogP contribution in [-0.4, -0.2) is 18.1 Å². The van der Waals surface area contributed by atoms with Gasteiger partial charge in [-0.05, 0) is 37.4 Å². The molecular weight excluding hydrogens is 314 g/mol. The third kappa shape index (κ3) is 3.70. The van der Waals surface area contributed by atoms with Crippen molar-refractivity contribution in [2.75, 3.05) is 18.4 Å². The van der Waals surface area contributed by atoms with E-state index < -0.39 is 0 Å². The van der Waals surface area contributed by atoms with Gasteiger partial charge in [-0.3, -0.25) is 0 Å². The first-order chi connectivity index (χ1) is 9.76. The maximum absolute atomic E-state index is 5.69. The van der Waals surface area contributed by atoms with Gasteiger partial charge in [0.05, 0.1) is 0 Å². The summed E-state index contributed by atoms with van der Waals surface area (Å²) in [6, 6.07) is 8.24. The summed E-state index contributed by atoms with van der Waals surface area (Å²) in [4.78, 5) is 4.48. The lowest BCUT2D eigenvalue weighted by Gasteiger charge is -2.17. The molecule has 0 radical (unpaired) electrons. The Bertz CT molecular complexity index is 550. The van der Waals surface area contributed by atoms with Gasteiger partial charge in [0.15, 0.2) is 0 Å². The molecule has 0 fully saturated rings. The summed E-state index contributed by atoms with van der Waals surface area (Å²) in [6.07, 6.45) is 5.32. The average molecular weight is 336 g/mol. The summed E-state index contributed by atoms with van der Waals surface area (Å²) >= 11 is 3.59. The van der Waals surface area contributed by atoms with Crippen LogP contribution in [0.4, 0.5) is 5.82 Å². The van der Waals surface area contributed by atoms with Crippen molar-refractivity contribution in [3.8, 4) is 0 Å². The third-order valence-corrected chi connectivity index (χ3v) is 4.27. The Kier molecular flexibility index (Phi) is 5.80. The fourth-order valence-corrected chi connectivity index (χ4v) is 3.04. The second-order valence-corrected chi connectivity index (χ2v) is 5.96. The van der Waals surface area contributed by atoms with Crippen molar-refractivity contribution in [1.29, 1.82) is 0 Å². The smallest absolute Gasteiger partial charge is 0.133 e. The first-order valence-electron chi connectivity index (χ1n) is 7.23. The molecule has 0 saturated heterocycles. The number of nitrogens with zero attached hydrogens (tertiary/aromatic N) is 1. The van der Waals surface area contributed by atoms with Crippen molar-refractivity contribution in [2.45, 2.75) is 26.2 Å². The molecule has 0 amide bonds. The van der Waals surface area contributed by atoms with Crippen molar-refractivity contribution in [2.24, 2.45) is 11.7 Å². The molecule has 1 heterocycles. The monoisotopic (exact) mass is 335 g/mol. The van der Waals surface area contributed by atoms with E-state index in [1.165, 1.54) is 18.2 Å². The summed E-state index contributed by atoms with van der Waals surface area (Å²) in [5, 5.41) is 5.84. The van der Waals surface area contributed by atoms with E-state index in [1.54, 1.807) is 0 Å². The highest BCUT2D eigenvalue weighted by molar-refractivity contribution is 9.10. The number of halogens is 1. The van der Waals surface area contributed by atoms with Crippen LogP contribution in [0.2, 0.25) is 0 Å². The number of hydrogen-bond donors (Lipinski definition) is 2. The van der Waals surface area contributed by atoms with Crippen molar-refractivity contribution in [3.05, 3.63) is 34.9 Å². The molecule has 0 saturated carbocycles. The Morgan fingerprint density at radius 1 is 1.25 bits per heavy atom. The SMILES string of the molecule is CCCC(CCN)CNc1nccc2c(Br)cccc12. The Labute approximate surface area is 129 Å². The summed E-state index contributed by atoms with van der Waals surface area (Å²) in [5.41, 5.74) is 5.69. The zero-order valence-electron chi connectivity index (χ0n) is 11.9. The molecule has 0 aliphatic rings. The zero-order valence-corrected chi connectivity index (χ0v) is 13.5. The topological polar surface area (TPSA) is 50.9 Å². The van der Waals surface area contributed by atoms with Crippen LogP contribution in [-0.2, 0) is 0 Å². The van der Waals surface area contributed by atoms with E-state index in [2.05, 4.69) is 45.3 Å². The number of hydrogen-bond acceptors (Lipinski definition) is 3. The number of nitrogens with two attached hydrogens (primary N) is 1. The Morgan fingerprint density at radius 2 is 2.10 bits per heavy atom. The van der Waals surface area contributed by atoms with Crippen LogP contribution in [0.15, 0.2) is 34.9 Å². The van der Waals surface area contributed by atoms with Crippen LogP contribution in [0.25, 0.3) is 10.8 Å². The molecule has 3 N–H and O–H groups in total. The molecule has 0 aliphatic heterocycles. The van der Waals surface area contributed by atoms with Crippen LogP contribution in [0.1, 0.15) is 26.2 Å². The molecule has 0 bridgehead atoms. The van der Waals surface area contributed by atoms with Gasteiger partial charge in [0.1, 0.15) is 5.82 Å². The highest BCUT2D eigenvalue weighted by Gasteiger charge is 2.09. The number of aromatic nitrogens is 1. The van der Waals surface area contributed by atoms with Crippen LogP contribution < -0.4 is 11.1 Å². The molecule has 0 aliphatic carbocycles. The predicted octanol–water partition coefficient (Wildman–Crippen LogP) is 4.17. The molecule has 20 heavy (non-hydrogen) atoms. The van der Waals surface area contributed by atoms with Crippen LogP contribution >= 0.6 is 15.9 Å². The molecule has 1 aromatic carbocycles. The lowest BCUT2D eigenvalue weighted by atomic mass is 10.00. The van der Waals surface area contributed by atoms with Crippen LogP contribution in [0.5, 0.6) is 0 Å². The number of nitrogens with one attached hydrogen (secondary N) is 1. The first-order valence-corrected chi connectivity index (χ1v) is 8.02. The minimum absolute atomic E-state index is 0.620. The normalized spacial score (nSPS) is 12.6. The minimum Gasteiger partial charge on any atom is -0.369 e. The van der Waals surface area contributed by atoms with Gasteiger partial charge in [-0.15, -0.1) is 0 Å². The van der Waals surface area contributed by atoms with Gasteiger partial charge in [0, 0.05) is 28.0 Å². The number of pyridine rings is 1. The highest BCUT2D eigenvalue weighted by atomic mass is 79.9. The molecule has 1 aromatic heterocycles. The van der Waals surface area contributed by atoms with E-state index >= 15 is 0 Å². The zero-order chi connectivity index (χ0) is 14.4. The van der Waals surface area contributed by atoms with Gasteiger partial charge >= 0.3 is 0 Å². The van der Waals surface area contributed by atoms with E-state index in [0.29, 0.717) is 5.92 Å². The van der Waals surface area contributed by atoms with Crippen molar-refractivity contribution < 1.29 is 0 Å². The molecule has 4 heteroatoms. The van der Waals surface area contributed by atoms with Crippen molar-refractivity contribution in [1.82, 2.24) is 4.98 Å². The molecular formula is C16H22BrN3. The lowest BCUT2D eigenvalue weighted by Crippen LogP contribution is -2.18. The number of benzene rings is 1. The van der Waals surface area contributed by atoms with Crippen LogP contribution in [0, 0.1) is 5.92 Å². The maximum Gasteiger partial charge on any atom is 0.133 e. The predicted molar refractivity (Wildman–Crippen MR) is 90.0 cm³/mol. The van der Waals surface area contributed by atoms with Gasteiger partial charge in [-0.1, -0.05) is 41.4 Å². The molecule has 2 aromatic rings. The maximum atomic E-state index is 5.69. The quantitative estimate of drug-likeness (QED) is 0.798. The highest BCUT2D eigenvalue weighted by Crippen LogP contribution is 2.27. The van der Waals surface area contributed by atoms with E-state index in [0.717, 1.165) is 35.2 Å². The van der Waals surface area contributed by atoms with E-state index in [9.17, 15) is 0 Å². The van der Waals surface area contributed by atoms with E-state index in [4.69, 9.17) is 5.73 Å². The second-order valence-electron chi connectivity index (χ2n) is 5.11. The summed E-state index contributed by atoms with van der Waals surface area (Å²) in [7, 11) is 0. The van der Waals surface area contributed by atoms with Gasteiger partial charge < -0.3 is 11.1 Å². The van der Waals surface area contributed by atoms with E-state index in [-0.39, 0.29) is 0 Å². The Balaban J connectivity index is 2.15. The Morgan fingerprint density at radius 3 is 2.85 bits per heavy atom. The van der Waals surface area contributed by atoms with Gasteiger partial charge in [0.2, 0.25) is 0 Å². The summed E-state index contributed by atoms with van der Waals surface area (Å²) in [5.74, 6) is 1.58. The number of rotatable bonds is 7. The number of anilines is 1. The third-order valence-electron chi connectivity index (χ3n) is 3.58. The molecule has 0 spiro atoms. The minimum atomic E-state index is 0.620. The molecule has 3 nitrogen and oxygen atoms in total. The van der Waals surface area contributed by atoms with E-state index in [1.807, 2.05) is 18.3 Å². The largest absolute Gasteiger partial charge is 0.369 e. The van der Waals surface area contributed by atoms with Gasteiger partial charge in [-0.2, -0.15) is 0 Å². The first kappa shape index (κ1) is 15.3. The summed E-state index contributed by atoms with van der Waals surface area (Å²) in [6.45, 7) is 3.90. The fourth-order valence-electron chi connectivity index (χ4n) is 2.54. The fraction of sp³-hybridized carbons (Fsp3) is 0.438. The second kappa shape index (κ2) is 7.60. The molecule has 108 valence electrons. The summed E-state index contributed by atoms with van der Waals surface area (Å²) < 4.78 is 1.10. The molecule has 1 unspecified atom stereocenters.